The van der Waals surface area contributed by atoms with E-state index in [9.17, 15) is 0 Å². The molecule has 0 radical (unpaired) electrons. The quantitative estimate of drug-likeness (QED) is 0.796. The van der Waals surface area contributed by atoms with E-state index in [-0.39, 0.29) is 5.41 Å². The maximum atomic E-state index is 6.11. The molecule has 1 fully saturated rings. The predicted octanol–water partition coefficient (Wildman–Crippen LogP) is 4.26. The molecular formula is C17H27N. The Morgan fingerprint density at radius 2 is 1.56 bits per heavy atom. The fraction of sp³-hybridized carbons (Fsp3) is 0.647. The molecule has 1 aliphatic rings. The highest BCUT2D eigenvalue weighted by atomic mass is 14.7. The zero-order chi connectivity index (χ0) is 13.1. The first kappa shape index (κ1) is 13.6. The second-order valence-corrected chi connectivity index (χ2v) is 6.20. The van der Waals surface area contributed by atoms with Crippen molar-refractivity contribution in [3.8, 4) is 0 Å². The number of hydrogen-bond acceptors (Lipinski definition) is 1. The third-order valence-corrected chi connectivity index (χ3v) is 4.76. The maximum absolute atomic E-state index is 6.11. The van der Waals surface area contributed by atoms with Crippen LogP contribution in [0.4, 0.5) is 0 Å². The summed E-state index contributed by atoms with van der Waals surface area (Å²) in [5.74, 6) is 0. The molecule has 0 aromatic heterocycles. The van der Waals surface area contributed by atoms with Gasteiger partial charge in [-0.05, 0) is 36.7 Å². The van der Waals surface area contributed by atoms with E-state index in [0.717, 1.165) is 6.54 Å². The second-order valence-electron chi connectivity index (χ2n) is 6.20. The van der Waals surface area contributed by atoms with Crippen molar-refractivity contribution in [2.45, 2.75) is 57.8 Å². The molecular weight excluding hydrogens is 218 g/mol. The van der Waals surface area contributed by atoms with Crippen molar-refractivity contribution in [3.63, 3.8) is 0 Å². The molecule has 1 nitrogen and oxygen atoms in total. The Kier molecular flexibility index (Phi) is 4.11. The van der Waals surface area contributed by atoms with E-state index in [1.807, 2.05) is 0 Å². The fourth-order valence-corrected chi connectivity index (χ4v) is 4.18. The highest BCUT2D eigenvalue weighted by Crippen LogP contribution is 2.59. The summed E-state index contributed by atoms with van der Waals surface area (Å²) in [6.45, 7) is 5.41. The Morgan fingerprint density at radius 1 is 1.00 bits per heavy atom. The minimum atomic E-state index is 0.269. The lowest BCUT2D eigenvalue weighted by Gasteiger charge is -2.57. The number of hydrogen-bond donors (Lipinski definition) is 1. The van der Waals surface area contributed by atoms with Gasteiger partial charge in [-0.25, -0.2) is 0 Å². The zero-order valence-corrected chi connectivity index (χ0v) is 11.9. The van der Waals surface area contributed by atoms with Crippen LogP contribution in [0.1, 0.15) is 57.9 Å². The molecule has 0 unspecified atom stereocenters. The Balaban J connectivity index is 2.15. The molecule has 1 aliphatic carbocycles. The van der Waals surface area contributed by atoms with Gasteiger partial charge in [0, 0.05) is 12.0 Å². The first-order valence-electron chi connectivity index (χ1n) is 7.46. The van der Waals surface area contributed by atoms with Crippen molar-refractivity contribution in [2.75, 3.05) is 6.54 Å². The Morgan fingerprint density at radius 3 is 2.00 bits per heavy atom. The minimum absolute atomic E-state index is 0.269. The molecule has 2 N–H and O–H groups in total. The predicted molar refractivity (Wildman–Crippen MR) is 78.7 cm³/mol. The zero-order valence-electron chi connectivity index (χ0n) is 11.9. The largest absolute Gasteiger partial charge is 0.330 e. The van der Waals surface area contributed by atoms with Crippen molar-refractivity contribution < 1.29 is 0 Å². The van der Waals surface area contributed by atoms with Crippen LogP contribution in [0.25, 0.3) is 0 Å². The highest BCUT2D eigenvalue weighted by Gasteiger charge is 2.52. The Hall–Kier alpha value is -0.820. The van der Waals surface area contributed by atoms with Gasteiger partial charge in [0.15, 0.2) is 0 Å². The summed E-state index contributed by atoms with van der Waals surface area (Å²) in [7, 11) is 0. The van der Waals surface area contributed by atoms with Crippen LogP contribution < -0.4 is 5.73 Å². The maximum Gasteiger partial charge on any atom is 0.00861 e. The van der Waals surface area contributed by atoms with Crippen LogP contribution in [0.2, 0.25) is 0 Å². The molecule has 1 heteroatoms. The molecule has 0 atom stereocenters. The first-order valence-corrected chi connectivity index (χ1v) is 7.46. The summed E-state index contributed by atoms with van der Waals surface area (Å²) in [5.41, 5.74) is 8.42. The Labute approximate surface area is 112 Å². The first-order chi connectivity index (χ1) is 8.70. The van der Waals surface area contributed by atoms with Gasteiger partial charge < -0.3 is 5.73 Å². The average molecular weight is 245 g/mol. The van der Waals surface area contributed by atoms with E-state index in [2.05, 4.69) is 44.2 Å². The van der Waals surface area contributed by atoms with Gasteiger partial charge >= 0.3 is 0 Å². The van der Waals surface area contributed by atoms with Crippen LogP contribution in [-0.4, -0.2) is 6.54 Å². The van der Waals surface area contributed by atoms with Gasteiger partial charge in [0.1, 0.15) is 0 Å². The van der Waals surface area contributed by atoms with Gasteiger partial charge in [-0.2, -0.15) is 0 Å². The topological polar surface area (TPSA) is 26.0 Å². The average Bonchev–Trinajstić information content (AvgIpc) is 2.36. The van der Waals surface area contributed by atoms with E-state index in [0.29, 0.717) is 5.41 Å². The third-order valence-electron chi connectivity index (χ3n) is 4.76. The van der Waals surface area contributed by atoms with E-state index in [1.54, 1.807) is 0 Å². The van der Waals surface area contributed by atoms with E-state index in [1.165, 1.54) is 44.1 Å². The van der Waals surface area contributed by atoms with Gasteiger partial charge in [-0.1, -0.05) is 57.0 Å². The van der Waals surface area contributed by atoms with Crippen LogP contribution >= 0.6 is 0 Å². The number of benzene rings is 1. The highest BCUT2D eigenvalue weighted by molar-refractivity contribution is 5.31. The number of rotatable bonds is 6. The summed E-state index contributed by atoms with van der Waals surface area (Å²) < 4.78 is 0. The summed E-state index contributed by atoms with van der Waals surface area (Å²) in [6, 6.07) is 10.9. The molecule has 18 heavy (non-hydrogen) atoms. The van der Waals surface area contributed by atoms with Crippen LogP contribution in [0.3, 0.4) is 0 Å². The van der Waals surface area contributed by atoms with Gasteiger partial charge in [0.2, 0.25) is 0 Å². The second kappa shape index (κ2) is 5.44. The van der Waals surface area contributed by atoms with Crippen molar-refractivity contribution >= 4 is 0 Å². The van der Waals surface area contributed by atoms with Crippen molar-refractivity contribution in [3.05, 3.63) is 35.9 Å². The van der Waals surface area contributed by atoms with Crippen LogP contribution in [0, 0.1) is 5.41 Å². The molecule has 1 aromatic rings. The molecule has 0 bridgehead atoms. The van der Waals surface area contributed by atoms with Crippen LogP contribution in [0.5, 0.6) is 0 Å². The summed E-state index contributed by atoms with van der Waals surface area (Å²) in [5, 5.41) is 0. The molecule has 2 rings (SSSR count). The van der Waals surface area contributed by atoms with Crippen molar-refractivity contribution in [1.82, 2.24) is 0 Å². The smallest absolute Gasteiger partial charge is 0.00861 e. The van der Waals surface area contributed by atoms with Gasteiger partial charge in [-0.3, -0.25) is 0 Å². The molecule has 0 saturated heterocycles. The monoisotopic (exact) mass is 245 g/mol. The molecule has 1 saturated carbocycles. The standard InChI is InChI=1S/C17H27N/c1-3-10-16(11-4-2)12-17(13-16,14-18)15-8-6-5-7-9-15/h5-9H,3-4,10-14,18H2,1-2H3. The molecule has 0 heterocycles. The van der Waals surface area contributed by atoms with Crippen molar-refractivity contribution in [1.29, 1.82) is 0 Å². The number of nitrogens with two attached hydrogens (primary N) is 1. The van der Waals surface area contributed by atoms with E-state index in [4.69, 9.17) is 5.73 Å². The summed E-state index contributed by atoms with van der Waals surface area (Å²) in [6.07, 6.45) is 7.93. The van der Waals surface area contributed by atoms with Gasteiger partial charge in [0.25, 0.3) is 0 Å². The molecule has 1 aromatic carbocycles. The van der Waals surface area contributed by atoms with Crippen LogP contribution in [-0.2, 0) is 5.41 Å². The van der Waals surface area contributed by atoms with E-state index < -0.39 is 0 Å². The Bertz CT molecular complexity index is 354. The lowest BCUT2D eigenvalue weighted by Crippen LogP contribution is -2.53. The van der Waals surface area contributed by atoms with Gasteiger partial charge in [0.05, 0.1) is 0 Å². The van der Waals surface area contributed by atoms with Gasteiger partial charge in [-0.15, -0.1) is 0 Å². The normalized spacial score (nSPS) is 20.4. The summed E-state index contributed by atoms with van der Waals surface area (Å²) >= 11 is 0. The lowest BCUT2D eigenvalue weighted by molar-refractivity contribution is 0.00784. The van der Waals surface area contributed by atoms with E-state index >= 15 is 0 Å². The lowest BCUT2D eigenvalue weighted by atomic mass is 9.48. The third kappa shape index (κ3) is 2.33. The van der Waals surface area contributed by atoms with Crippen molar-refractivity contribution in [2.24, 2.45) is 11.1 Å². The summed E-state index contributed by atoms with van der Waals surface area (Å²) in [4.78, 5) is 0. The molecule has 0 aliphatic heterocycles. The van der Waals surface area contributed by atoms with Crippen LogP contribution in [0.15, 0.2) is 30.3 Å². The fourth-order valence-electron chi connectivity index (χ4n) is 4.18. The molecule has 0 amide bonds. The minimum Gasteiger partial charge on any atom is -0.330 e. The SMILES string of the molecule is CCCC1(CCC)CC(CN)(c2ccccc2)C1. The molecule has 0 spiro atoms. The molecule has 100 valence electrons.